The number of aromatic nitrogens is 1. The van der Waals surface area contributed by atoms with Gasteiger partial charge in [-0.05, 0) is 36.8 Å². The van der Waals surface area contributed by atoms with E-state index in [9.17, 15) is 14.4 Å². The predicted octanol–water partition coefficient (Wildman–Crippen LogP) is 2.58. The Morgan fingerprint density at radius 1 is 1.14 bits per heavy atom. The maximum atomic E-state index is 12.5. The molecular weight excluding hydrogens is 396 g/mol. The molecule has 1 N–H and O–H groups in total. The molecule has 3 rings (SSSR count). The number of rotatable bonds is 7. The van der Waals surface area contributed by atoms with Gasteiger partial charge in [0, 0.05) is 12.2 Å². The number of carbonyl (C=O) groups is 2. The normalized spacial score (nSPS) is 10.6. The third-order valence-corrected chi connectivity index (χ3v) is 5.40. The molecular formula is C20H20N2O6S. The third kappa shape index (κ3) is 4.57. The van der Waals surface area contributed by atoms with Gasteiger partial charge in [-0.1, -0.05) is 23.5 Å². The van der Waals surface area contributed by atoms with Crippen molar-refractivity contribution in [2.24, 2.45) is 0 Å². The van der Waals surface area contributed by atoms with Gasteiger partial charge in [0.25, 0.3) is 5.91 Å². The van der Waals surface area contributed by atoms with E-state index in [-0.39, 0.29) is 23.1 Å². The minimum Gasteiger partial charge on any atom is -0.497 e. The van der Waals surface area contributed by atoms with E-state index in [1.165, 1.54) is 17.7 Å². The van der Waals surface area contributed by atoms with Crippen molar-refractivity contribution in [1.29, 1.82) is 0 Å². The Morgan fingerprint density at radius 2 is 1.86 bits per heavy atom. The van der Waals surface area contributed by atoms with Gasteiger partial charge >= 0.3 is 10.8 Å². The number of carbonyl (C=O) groups excluding carboxylic acids is 2. The van der Waals surface area contributed by atoms with Crippen molar-refractivity contribution in [2.45, 2.75) is 20.0 Å². The summed E-state index contributed by atoms with van der Waals surface area (Å²) in [5, 5.41) is 2.82. The van der Waals surface area contributed by atoms with Gasteiger partial charge in [-0.3, -0.25) is 14.2 Å². The lowest BCUT2D eigenvalue weighted by atomic mass is 10.2. The van der Waals surface area contributed by atoms with Crippen molar-refractivity contribution in [3.8, 4) is 5.75 Å². The summed E-state index contributed by atoms with van der Waals surface area (Å²) in [4.78, 5) is 36.5. The Kier molecular flexibility index (Phi) is 6.18. The highest BCUT2D eigenvalue weighted by Gasteiger charge is 2.19. The van der Waals surface area contributed by atoms with Gasteiger partial charge < -0.3 is 19.2 Å². The highest BCUT2D eigenvalue weighted by molar-refractivity contribution is 7.11. The van der Waals surface area contributed by atoms with Crippen molar-refractivity contribution in [2.75, 3.05) is 14.2 Å². The Morgan fingerprint density at radius 3 is 2.52 bits per heavy atom. The molecule has 0 unspecified atom stereocenters. The monoisotopic (exact) mass is 416 g/mol. The molecule has 3 aromatic rings. The summed E-state index contributed by atoms with van der Waals surface area (Å²) in [7, 11) is 2.85. The first-order valence-electron chi connectivity index (χ1n) is 8.71. The van der Waals surface area contributed by atoms with E-state index in [0.29, 0.717) is 22.9 Å². The Hall–Kier alpha value is -3.33. The fourth-order valence-corrected chi connectivity index (χ4v) is 3.61. The zero-order valence-electron chi connectivity index (χ0n) is 16.2. The average molecular weight is 416 g/mol. The fraction of sp³-hybridized carbons (Fsp3) is 0.250. The van der Waals surface area contributed by atoms with E-state index in [1.807, 2.05) is 24.3 Å². The lowest BCUT2D eigenvalue weighted by Crippen LogP contribution is -2.23. The molecule has 1 aromatic carbocycles. The lowest BCUT2D eigenvalue weighted by molar-refractivity contribution is 0.0562. The van der Waals surface area contributed by atoms with Crippen LogP contribution in [0.5, 0.6) is 5.75 Å². The molecule has 0 radical (unpaired) electrons. The van der Waals surface area contributed by atoms with Gasteiger partial charge in [0.1, 0.15) is 16.4 Å². The first kappa shape index (κ1) is 20.4. The summed E-state index contributed by atoms with van der Waals surface area (Å²) in [6, 6.07) is 10.4. The molecule has 0 spiro atoms. The first-order valence-corrected chi connectivity index (χ1v) is 9.53. The molecule has 29 heavy (non-hydrogen) atoms. The molecule has 0 aliphatic carbocycles. The van der Waals surface area contributed by atoms with Crippen LogP contribution in [-0.4, -0.2) is 30.7 Å². The number of thiazole rings is 1. The van der Waals surface area contributed by atoms with E-state index < -0.39 is 5.97 Å². The molecule has 0 aliphatic rings. The SMILES string of the molecule is COC(=O)c1ccc(Cn2c(C)c(C(=O)NCc3ccc(OC)cc3)sc2=O)o1. The standard InChI is InChI=1S/C20H20N2O6S/c1-12-17(18(23)21-10-13-4-6-14(26-2)7-5-13)29-20(25)22(12)11-15-8-9-16(28-15)19(24)27-3/h4-9H,10-11H2,1-3H3,(H,21,23). The second-order valence-electron chi connectivity index (χ2n) is 6.16. The summed E-state index contributed by atoms with van der Waals surface area (Å²) >= 11 is 0.869. The quantitative estimate of drug-likeness (QED) is 0.595. The number of methoxy groups -OCH3 is 2. The van der Waals surface area contributed by atoms with Crippen LogP contribution in [0.4, 0.5) is 0 Å². The summed E-state index contributed by atoms with van der Waals surface area (Å²) in [6.45, 7) is 2.14. The topological polar surface area (TPSA) is 99.8 Å². The maximum Gasteiger partial charge on any atom is 0.373 e. The molecule has 9 heteroatoms. The summed E-state index contributed by atoms with van der Waals surface area (Å²) in [6.07, 6.45) is 0. The average Bonchev–Trinajstić information content (AvgIpc) is 3.32. The van der Waals surface area contributed by atoms with Crippen LogP contribution in [0.25, 0.3) is 0 Å². The lowest BCUT2D eigenvalue weighted by Gasteiger charge is -2.07. The first-order chi connectivity index (χ1) is 13.9. The number of amides is 1. The molecule has 152 valence electrons. The highest BCUT2D eigenvalue weighted by Crippen LogP contribution is 2.16. The van der Waals surface area contributed by atoms with Crippen LogP contribution in [0.2, 0.25) is 0 Å². The smallest absolute Gasteiger partial charge is 0.373 e. The van der Waals surface area contributed by atoms with Crippen LogP contribution in [0.1, 0.15) is 37.2 Å². The van der Waals surface area contributed by atoms with Crippen LogP contribution in [0, 0.1) is 6.92 Å². The number of hydrogen-bond donors (Lipinski definition) is 1. The minimum atomic E-state index is -0.593. The van der Waals surface area contributed by atoms with Crippen LogP contribution < -0.4 is 14.9 Å². The van der Waals surface area contributed by atoms with Crippen molar-refractivity contribution in [3.05, 3.63) is 73.7 Å². The van der Waals surface area contributed by atoms with E-state index >= 15 is 0 Å². The van der Waals surface area contributed by atoms with Gasteiger partial charge in [0.2, 0.25) is 5.76 Å². The van der Waals surface area contributed by atoms with Gasteiger partial charge in [-0.25, -0.2) is 4.79 Å². The van der Waals surface area contributed by atoms with E-state index in [0.717, 1.165) is 22.6 Å². The number of nitrogens with zero attached hydrogens (tertiary/aromatic N) is 1. The van der Waals surface area contributed by atoms with Crippen LogP contribution in [0.15, 0.2) is 45.6 Å². The number of hydrogen-bond acceptors (Lipinski definition) is 7. The summed E-state index contributed by atoms with van der Waals surface area (Å²) in [5.74, 6) is 0.289. The fourth-order valence-electron chi connectivity index (χ4n) is 2.70. The molecule has 0 bridgehead atoms. The number of ether oxygens (including phenoxy) is 2. The molecule has 2 heterocycles. The Labute approximate surface area is 170 Å². The minimum absolute atomic E-state index is 0.0564. The van der Waals surface area contributed by atoms with Gasteiger partial charge in [-0.2, -0.15) is 0 Å². The molecule has 0 saturated carbocycles. The third-order valence-electron chi connectivity index (χ3n) is 4.32. The summed E-state index contributed by atoms with van der Waals surface area (Å²) < 4.78 is 16.6. The maximum absolute atomic E-state index is 12.5. The Bertz CT molecular complexity index is 1080. The number of benzene rings is 1. The molecule has 0 fully saturated rings. The highest BCUT2D eigenvalue weighted by atomic mass is 32.1. The van der Waals surface area contributed by atoms with Crippen molar-refractivity contribution >= 4 is 23.2 Å². The van der Waals surface area contributed by atoms with E-state index in [4.69, 9.17) is 9.15 Å². The van der Waals surface area contributed by atoms with Crippen LogP contribution >= 0.6 is 11.3 Å². The molecule has 8 nitrogen and oxygen atoms in total. The number of furan rings is 1. The van der Waals surface area contributed by atoms with Gasteiger partial charge in [-0.15, -0.1) is 0 Å². The van der Waals surface area contributed by atoms with Gasteiger partial charge in [0.05, 0.1) is 20.8 Å². The molecule has 0 atom stereocenters. The second kappa shape index (κ2) is 8.78. The second-order valence-corrected chi connectivity index (χ2v) is 7.12. The van der Waals surface area contributed by atoms with E-state index in [1.54, 1.807) is 20.1 Å². The number of esters is 1. The van der Waals surface area contributed by atoms with Crippen molar-refractivity contribution < 1.29 is 23.5 Å². The summed E-state index contributed by atoms with van der Waals surface area (Å²) in [5.41, 5.74) is 1.44. The largest absolute Gasteiger partial charge is 0.497 e. The zero-order chi connectivity index (χ0) is 21.0. The zero-order valence-corrected chi connectivity index (χ0v) is 17.0. The van der Waals surface area contributed by atoms with Gasteiger partial charge in [0.15, 0.2) is 0 Å². The van der Waals surface area contributed by atoms with E-state index in [2.05, 4.69) is 10.1 Å². The molecule has 1 amide bonds. The predicted molar refractivity (Wildman–Crippen MR) is 107 cm³/mol. The van der Waals surface area contributed by atoms with Crippen molar-refractivity contribution in [1.82, 2.24) is 9.88 Å². The molecule has 2 aromatic heterocycles. The van der Waals surface area contributed by atoms with Crippen molar-refractivity contribution in [3.63, 3.8) is 0 Å². The molecule has 0 saturated heterocycles. The van der Waals surface area contributed by atoms with Crippen LogP contribution in [0.3, 0.4) is 0 Å². The number of nitrogens with one attached hydrogen (secondary N) is 1. The Balaban J connectivity index is 1.70. The van der Waals surface area contributed by atoms with Crippen LogP contribution in [-0.2, 0) is 17.8 Å². The molecule has 0 aliphatic heterocycles.